The molecule has 0 saturated heterocycles. The summed E-state index contributed by atoms with van der Waals surface area (Å²) in [5.74, 6) is -1.42. The Morgan fingerprint density at radius 3 is 2.75 bits per heavy atom. The highest BCUT2D eigenvalue weighted by atomic mass is 35.5. The molecule has 28 heavy (non-hydrogen) atoms. The normalized spacial score (nSPS) is 15.7. The van der Waals surface area contributed by atoms with Crippen LogP contribution < -0.4 is 10.6 Å². The molecule has 0 saturated carbocycles. The standard InChI is InChI=1S/C20H16ClFN4O2/c1-11-8-18(26(25-11)14-5-2-12(21)3-6-14)24-20(28)16-10-19(27)23-17-9-13(22)4-7-15(16)17/h2-9,16H,10H2,1H3,(H,23,27)(H,24,28). The first-order chi connectivity index (χ1) is 13.4. The second-order valence-electron chi connectivity index (χ2n) is 6.58. The molecular weight excluding hydrogens is 383 g/mol. The molecule has 0 fully saturated rings. The first kappa shape index (κ1) is 18.2. The Bertz CT molecular complexity index is 1080. The van der Waals surface area contributed by atoms with Crippen LogP contribution >= 0.6 is 11.6 Å². The average molecular weight is 399 g/mol. The quantitative estimate of drug-likeness (QED) is 0.699. The SMILES string of the molecule is Cc1cc(NC(=O)C2CC(=O)Nc3cc(F)ccc32)n(-c2ccc(Cl)cc2)n1. The number of fused-ring (bicyclic) bond motifs is 1. The molecule has 0 bridgehead atoms. The van der Waals surface area contributed by atoms with E-state index >= 15 is 0 Å². The van der Waals surface area contributed by atoms with E-state index in [0.29, 0.717) is 27.8 Å². The fourth-order valence-corrected chi connectivity index (χ4v) is 3.38. The molecule has 1 aromatic heterocycles. The maximum absolute atomic E-state index is 13.5. The van der Waals surface area contributed by atoms with E-state index in [1.54, 1.807) is 35.0 Å². The number of carbonyl (C=O) groups is 2. The van der Waals surface area contributed by atoms with Crippen molar-refractivity contribution in [2.45, 2.75) is 19.3 Å². The van der Waals surface area contributed by atoms with Gasteiger partial charge in [-0.15, -0.1) is 0 Å². The lowest BCUT2D eigenvalue weighted by Crippen LogP contribution is -2.31. The number of amides is 2. The molecule has 8 heteroatoms. The smallest absolute Gasteiger partial charge is 0.233 e. The number of halogens is 2. The molecule has 1 atom stereocenters. The fraction of sp³-hybridized carbons (Fsp3) is 0.150. The lowest BCUT2D eigenvalue weighted by molar-refractivity contribution is -0.123. The molecule has 142 valence electrons. The molecule has 4 rings (SSSR count). The van der Waals surface area contributed by atoms with Crippen LogP contribution in [0.5, 0.6) is 0 Å². The van der Waals surface area contributed by atoms with Crippen LogP contribution in [0.25, 0.3) is 5.69 Å². The largest absolute Gasteiger partial charge is 0.326 e. The van der Waals surface area contributed by atoms with Crippen molar-refractivity contribution in [3.8, 4) is 5.69 Å². The maximum Gasteiger partial charge on any atom is 0.233 e. The zero-order chi connectivity index (χ0) is 19.8. The topological polar surface area (TPSA) is 76.0 Å². The van der Waals surface area contributed by atoms with Crippen LogP contribution in [0.15, 0.2) is 48.5 Å². The molecule has 0 spiro atoms. The summed E-state index contributed by atoms with van der Waals surface area (Å²) >= 11 is 5.94. The van der Waals surface area contributed by atoms with Gasteiger partial charge in [0, 0.05) is 23.2 Å². The van der Waals surface area contributed by atoms with Crippen LogP contribution in [0.2, 0.25) is 5.02 Å². The number of aryl methyl sites for hydroxylation is 1. The van der Waals surface area contributed by atoms with E-state index < -0.39 is 11.7 Å². The molecule has 3 aromatic rings. The van der Waals surface area contributed by atoms with Gasteiger partial charge in [0.1, 0.15) is 11.6 Å². The van der Waals surface area contributed by atoms with E-state index in [0.717, 1.165) is 5.69 Å². The number of nitrogens with one attached hydrogen (secondary N) is 2. The Morgan fingerprint density at radius 1 is 1.25 bits per heavy atom. The fourth-order valence-electron chi connectivity index (χ4n) is 3.25. The molecule has 2 N–H and O–H groups in total. The van der Waals surface area contributed by atoms with E-state index in [-0.39, 0.29) is 18.2 Å². The number of aromatic nitrogens is 2. The Morgan fingerprint density at radius 2 is 2.00 bits per heavy atom. The molecule has 2 heterocycles. The highest BCUT2D eigenvalue weighted by Gasteiger charge is 2.31. The van der Waals surface area contributed by atoms with Gasteiger partial charge in [0.25, 0.3) is 0 Å². The predicted octanol–water partition coefficient (Wildman–Crippen LogP) is 4.04. The van der Waals surface area contributed by atoms with E-state index in [1.165, 1.54) is 18.2 Å². The summed E-state index contributed by atoms with van der Waals surface area (Å²) in [5.41, 5.74) is 2.34. The first-order valence-electron chi connectivity index (χ1n) is 8.63. The molecule has 2 aromatic carbocycles. The lowest BCUT2D eigenvalue weighted by atomic mass is 9.89. The summed E-state index contributed by atoms with van der Waals surface area (Å²) in [7, 11) is 0. The van der Waals surface area contributed by atoms with Gasteiger partial charge in [0.15, 0.2) is 0 Å². The minimum absolute atomic E-state index is 0.0153. The van der Waals surface area contributed by atoms with Gasteiger partial charge in [-0.1, -0.05) is 17.7 Å². The molecular formula is C20H16ClFN4O2. The Balaban J connectivity index is 1.65. The van der Waals surface area contributed by atoms with E-state index in [4.69, 9.17) is 11.6 Å². The van der Waals surface area contributed by atoms with Gasteiger partial charge in [0.2, 0.25) is 11.8 Å². The van der Waals surface area contributed by atoms with Crippen molar-refractivity contribution in [1.29, 1.82) is 0 Å². The summed E-state index contributed by atoms with van der Waals surface area (Å²) in [6.45, 7) is 1.81. The third kappa shape index (κ3) is 3.48. The number of hydrogen-bond acceptors (Lipinski definition) is 3. The number of benzene rings is 2. The van der Waals surface area contributed by atoms with Crippen molar-refractivity contribution >= 4 is 34.9 Å². The molecule has 0 aliphatic carbocycles. The van der Waals surface area contributed by atoms with Crippen molar-refractivity contribution in [2.24, 2.45) is 0 Å². The second-order valence-corrected chi connectivity index (χ2v) is 7.02. The third-order valence-corrected chi connectivity index (χ3v) is 4.78. The molecule has 1 unspecified atom stereocenters. The molecule has 1 aliphatic heterocycles. The summed E-state index contributed by atoms with van der Waals surface area (Å²) in [6.07, 6.45) is -0.0153. The van der Waals surface area contributed by atoms with Crippen LogP contribution in [-0.2, 0) is 9.59 Å². The number of hydrogen-bond donors (Lipinski definition) is 2. The van der Waals surface area contributed by atoms with Gasteiger partial charge in [-0.05, 0) is 48.9 Å². The molecule has 6 nitrogen and oxygen atoms in total. The average Bonchev–Trinajstić information content (AvgIpc) is 3.01. The van der Waals surface area contributed by atoms with Gasteiger partial charge in [0.05, 0.1) is 17.3 Å². The summed E-state index contributed by atoms with van der Waals surface area (Å²) in [5, 5.41) is 10.5. The maximum atomic E-state index is 13.5. The molecule has 2 amide bonds. The van der Waals surface area contributed by atoms with Gasteiger partial charge in [-0.25, -0.2) is 9.07 Å². The number of carbonyl (C=O) groups excluding carboxylic acids is 2. The summed E-state index contributed by atoms with van der Waals surface area (Å²) < 4.78 is 15.1. The Labute approximate surface area is 165 Å². The number of anilines is 2. The summed E-state index contributed by atoms with van der Waals surface area (Å²) in [6, 6.07) is 12.8. The van der Waals surface area contributed by atoms with Gasteiger partial charge in [-0.2, -0.15) is 5.10 Å². The van der Waals surface area contributed by atoms with Crippen molar-refractivity contribution < 1.29 is 14.0 Å². The van der Waals surface area contributed by atoms with Crippen LogP contribution in [0, 0.1) is 12.7 Å². The Kier molecular flexibility index (Phi) is 4.60. The molecule has 0 radical (unpaired) electrons. The van der Waals surface area contributed by atoms with Gasteiger partial charge >= 0.3 is 0 Å². The lowest BCUT2D eigenvalue weighted by Gasteiger charge is -2.25. The van der Waals surface area contributed by atoms with Crippen LogP contribution in [0.3, 0.4) is 0 Å². The highest BCUT2D eigenvalue weighted by Crippen LogP contribution is 2.34. The van der Waals surface area contributed by atoms with Crippen LogP contribution in [0.1, 0.15) is 23.6 Å². The predicted molar refractivity (Wildman–Crippen MR) is 104 cm³/mol. The van der Waals surface area contributed by atoms with E-state index in [1.807, 2.05) is 6.92 Å². The van der Waals surface area contributed by atoms with E-state index in [9.17, 15) is 14.0 Å². The van der Waals surface area contributed by atoms with Crippen molar-refractivity contribution in [2.75, 3.05) is 10.6 Å². The summed E-state index contributed by atoms with van der Waals surface area (Å²) in [4.78, 5) is 24.9. The van der Waals surface area contributed by atoms with Crippen molar-refractivity contribution in [3.05, 3.63) is 70.6 Å². The third-order valence-electron chi connectivity index (χ3n) is 4.52. The van der Waals surface area contributed by atoms with E-state index in [2.05, 4.69) is 15.7 Å². The van der Waals surface area contributed by atoms with Crippen molar-refractivity contribution in [1.82, 2.24) is 9.78 Å². The van der Waals surface area contributed by atoms with Crippen LogP contribution in [-0.4, -0.2) is 21.6 Å². The minimum atomic E-state index is -0.724. The zero-order valence-corrected chi connectivity index (χ0v) is 15.6. The monoisotopic (exact) mass is 398 g/mol. The molecule has 1 aliphatic rings. The minimum Gasteiger partial charge on any atom is -0.326 e. The zero-order valence-electron chi connectivity index (χ0n) is 14.9. The Hall–Kier alpha value is -3.19. The number of nitrogens with zero attached hydrogens (tertiary/aromatic N) is 2. The van der Waals surface area contributed by atoms with Crippen LogP contribution in [0.4, 0.5) is 15.9 Å². The number of rotatable bonds is 3. The van der Waals surface area contributed by atoms with Crippen molar-refractivity contribution in [3.63, 3.8) is 0 Å². The highest BCUT2D eigenvalue weighted by molar-refractivity contribution is 6.30. The second kappa shape index (κ2) is 7.09. The first-order valence-corrected chi connectivity index (χ1v) is 9.01. The van der Waals surface area contributed by atoms with Gasteiger partial charge in [-0.3, -0.25) is 9.59 Å². The van der Waals surface area contributed by atoms with Gasteiger partial charge < -0.3 is 10.6 Å².